The van der Waals surface area contributed by atoms with Crippen molar-refractivity contribution < 1.29 is 0 Å². The van der Waals surface area contributed by atoms with Crippen LogP contribution in [0.4, 0.5) is 0 Å². The number of benzene rings is 2. The highest BCUT2D eigenvalue weighted by molar-refractivity contribution is 5.64. The van der Waals surface area contributed by atoms with Crippen molar-refractivity contribution in [2.24, 2.45) is 0 Å². The van der Waals surface area contributed by atoms with Gasteiger partial charge in [0.1, 0.15) is 0 Å². The van der Waals surface area contributed by atoms with Gasteiger partial charge in [-0.3, -0.25) is 0 Å². The molecule has 0 unspecified atom stereocenters. The van der Waals surface area contributed by atoms with Gasteiger partial charge in [0.2, 0.25) is 0 Å². The second-order valence-corrected chi connectivity index (χ2v) is 6.82. The smallest absolute Gasteiger partial charge is 0.0110 e. The van der Waals surface area contributed by atoms with Gasteiger partial charge in [-0.2, -0.15) is 0 Å². The lowest BCUT2D eigenvalue weighted by molar-refractivity contribution is 0.153. The molecule has 2 aromatic carbocycles. The molecule has 3 rings (SSSR count). The Kier molecular flexibility index (Phi) is 5.47. The molecule has 0 spiro atoms. The minimum atomic E-state index is 1.17. The van der Waals surface area contributed by atoms with Crippen LogP contribution in [0.1, 0.15) is 17.5 Å². The molecular weight excluding hydrogens is 280 g/mol. The Morgan fingerprint density at radius 3 is 2.30 bits per heavy atom. The molecule has 1 fully saturated rings. The van der Waals surface area contributed by atoms with Crippen LogP contribution in [-0.2, 0) is 6.42 Å². The molecule has 23 heavy (non-hydrogen) atoms. The molecule has 0 bridgehead atoms. The van der Waals surface area contributed by atoms with Gasteiger partial charge in [-0.15, -0.1) is 0 Å². The van der Waals surface area contributed by atoms with Crippen LogP contribution in [0.5, 0.6) is 0 Å². The summed E-state index contributed by atoms with van der Waals surface area (Å²) in [5.41, 5.74) is 5.44. The summed E-state index contributed by atoms with van der Waals surface area (Å²) in [6, 6.07) is 17.8. The fourth-order valence-corrected chi connectivity index (χ4v) is 3.31. The summed E-state index contributed by atoms with van der Waals surface area (Å²) in [5, 5.41) is 0. The van der Waals surface area contributed by atoms with Crippen LogP contribution in [0.25, 0.3) is 11.1 Å². The minimum absolute atomic E-state index is 1.17. The van der Waals surface area contributed by atoms with Crippen LogP contribution in [0, 0.1) is 6.92 Å². The van der Waals surface area contributed by atoms with E-state index >= 15 is 0 Å². The Morgan fingerprint density at radius 2 is 1.57 bits per heavy atom. The third kappa shape index (κ3) is 4.66. The minimum Gasteiger partial charge on any atom is -0.304 e. The standard InChI is InChI=1S/C21H28N2/c1-18-6-3-9-20(16-18)21-10-4-7-19(17-21)8-5-11-23-14-12-22(2)13-15-23/h3-4,6-7,9-10,16-17H,5,8,11-15H2,1-2H3. The first-order valence-electron chi connectivity index (χ1n) is 8.77. The van der Waals surface area contributed by atoms with Gasteiger partial charge in [-0.1, -0.05) is 54.1 Å². The Labute approximate surface area is 140 Å². The molecule has 1 aliphatic rings. The molecule has 0 radical (unpaired) electrons. The van der Waals surface area contributed by atoms with Gasteiger partial charge < -0.3 is 9.80 Å². The highest BCUT2D eigenvalue weighted by Gasteiger charge is 2.12. The average Bonchev–Trinajstić information content (AvgIpc) is 2.57. The van der Waals surface area contributed by atoms with Gasteiger partial charge in [0, 0.05) is 26.2 Å². The topological polar surface area (TPSA) is 6.48 Å². The van der Waals surface area contributed by atoms with E-state index in [1.165, 1.54) is 67.8 Å². The maximum absolute atomic E-state index is 2.60. The Balaban J connectivity index is 1.56. The first-order valence-corrected chi connectivity index (χ1v) is 8.77. The van der Waals surface area contributed by atoms with Crippen LogP contribution < -0.4 is 0 Å². The summed E-state index contributed by atoms with van der Waals surface area (Å²) in [7, 11) is 2.22. The molecule has 2 aromatic rings. The van der Waals surface area contributed by atoms with Crippen molar-refractivity contribution in [1.82, 2.24) is 9.80 Å². The zero-order valence-electron chi connectivity index (χ0n) is 14.5. The van der Waals surface area contributed by atoms with Crippen molar-refractivity contribution in [3.05, 3.63) is 59.7 Å². The second-order valence-electron chi connectivity index (χ2n) is 6.82. The molecule has 0 aliphatic carbocycles. The van der Waals surface area contributed by atoms with E-state index in [9.17, 15) is 0 Å². The van der Waals surface area contributed by atoms with Crippen LogP contribution in [0.3, 0.4) is 0 Å². The fourth-order valence-electron chi connectivity index (χ4n) is 3.31. The van der Waals surface area contributed by atoms with E-state index in [1.54, 1.807) is 0 Å². The van der Waals surface area contributed by atoms with Crippen LogP contribution >= 0.6 is 0 Å². The highest BCUT2D eigenvalue weighted by Crippen LogP contribution is 2.22. The largest absolute Gasteiger partial charge is 0.304 e. The molecule has 2 heteroatoms. The number of piperazine rings is 1. The summed E-state index contributed by atoms with van der Waals surface area (Å²) < 4.78 is 0. The van der Waals surface area contributed by atoms with E-state index < -0.39 is 0 Å². The van der Waals surface area contributed by atoms with Crippen LogP contribution in [-0.4, -0.2) is 49.6 Å². The SMILES string of the molecule is Cc1cccc(-c2cccc(CCCN3CCN(C)CC3)c2)c1. The molecule has 0 amide bonds. The van der Waals surface area contributed by atoms with Gasteiger partial charge in [0.25, 0.3) is 0 Å². The molecule has 0 atom stereocenters. The second kappa shape index (κ2) is 7.76. The predicted molar refractivity (Wildman–Crippen MR) is 98.9 cm³/mol. The first-order chi connectivity index (χ1) is 11.2. The van der Waals surface area contributed by atoms with Crippen molar-refractivity contribution in [2.75, 3.05) is 39.8 Å². The summed E-state index contributed by atoms with van der Waals surface area (Å²) in [6.45, 7) is 8.25. The summed E-state index contributed by atoms with van der Waals surface area (Å²) >= 11 is 0. The van der Waals surface area contributed by atoms with Crippen molar-refractivity contribution in [2.45, 2.75) is 19.8 Å². The number of hydrogen-bond donors (Lipinski definition) is 0. The predicted octanol–water partition coefficient (Wildman–Crippen LogP) is 3.84. The molecule has 0 saturated carbocycles. The average molecular weight is 308 g/mol. The molecule has 1 heterocycles. The first kappa shape index (κ1) is 16.2. The Bertz CT molecular complexity index is 627. The number of likely N-dealkylation sites (N-methyl/N-ethyl adjacent to an activating group) is 1. The number of nitrogens with zero attached hydrogens (tertiary/aromatic N) is 2. The van der Waals surface area contributed by atoms with E-state index in [0.717, 1.165) is 0 Å². The number of aryl methyl sites for hydroxylation is 2. The molecular formula is C21H28N2. The van der Waals surface area contributed by atoms with Gasteiger partial charge in [0.05, 0.1) is 0 Å². The highest BCUT2D eigenvalue weighted by atomic mass is 15.2. The Morgan fingerprint density at radius 1 is 0.870 bits per heavy atom. The third-order valence-electron chi connectivity index (χ3n) is 4.81. The molecule has 0 N–H and O–H groups in total. The van der Waals surface area contributed by atoms with E-state index in [-0.39, 0.29) is 0 Å². The molecule has 0 aromatic heterocycles. The Hall–Kier alpha value is -1.64. The van der Waals surface area contributed by atoms with E-state index in [0.29, 0.717) is 0 Å². The van der Waals surface area contributed by atoms with Crippen LogP contribution in [0.2, 0.25) is 0 Å². The summed E-state index contributed by atoms with van der Waals surface area (Å²) in [4.78, 5) is 5.02. The quantitative estimate of drug-likeness (QED) is 0.828. The molecule has 122 valence electrons. The number of hydrogen-bond acceptors (Lipinski definition) is 2. The normalized spacial score (nSPS) is 16.6. The molecule has 1 saturated heterocycles. The third-order valence-corrected chi connectivity index (χ3v) is 4.81. The van der Waals surface area contributed by atoms with Gasteiger partial charge >= 0.3 is 0 Å². The van der Waals surface area contributed by atoms with E-state index in [1.807, 2.05) is 0 Å². The maximum atomic E-state index is 2.60. The lowest BCUT2D eigenvalue weighted by Crippen LogP contribution is -2.44. The number of rotatable bonds is 5. The van der Waals surface area contributed by atoms with Gasteiger partial charge in [-0.25, -0.2) is 0 Å². The van der Waals surface area contributed by atoms with Crippen molar-refractivity contribution in [3.8, 4) is 11.1 Å². The summed E-state index contributed by atoms with van der Waals surface area (Å²) in [5.74, 6) is 0. The van der Waals surface area contributed by atoms with Crippen molar-refractivity contribution in [3.63, 3.8) is 0 Å². The lowest BCUT2D eigenvalue weighted by Gasteiger charge is -2.32. The zero-order valence-corrected chi connectivity index (χ0v) is 14.5. The van der Waals surface area contributed by atoms with Gasteiger partial charge in [0.15, 0.2) is 0 Å². The van der Waals surface area contributed by atoms with Crippen molar-refractivity contribution in [1.29, 1.82) is 0 Å². The molecule has 2 nitrogen and oxygen atoms in total. The maximum Gasteiger partial charge on any atom is 0.0110 e. The van der Waals surface area contributed by atoms with E-state index in [4.69, 9.17) is 0 Å². The van der Waals surface area contributed by atoms with Gasteiger partial charge in [-0.05, 0) is 50.0 Å². The zero-order chi connectivity index (χ0) is 16.1. The summed E-state index contributed by atoms with van der Waals surface area (Å²) in [6.07, 6.45) is 2.42. The van der Waals surface area contributed by atoms with Crippen LogP contribution in [0.15, 0.2) is 48.5 Å². The monoisotopic (exact) mass is 308 g/mol. The van der Waals surface area contributed by atoms with E-state index in [2.05, 4.69) is 72.3 Å². The lowest BCUT2D eigenvalue weighted by atomic mass is 9.99. The molecule has 1 aliphatic heterocycles. The fraction of sp³-hybridized carbons (Fsp3) is 0.429. The van der Waals surface area contributed by atoms with Crippen molar-refractivity contribution >= 4 is 0 Å².